The summed E-state index contributed by atoms with van der Waals surface area (Å²) >= 11 is 0. The summed E-state index contributed by atoms with van der Waals surface area (Å²) in [5, 5.41) is 0. The third-order valence-corrected chi connectivity index (χ3v) is 4.93. The Kier molecular flexibility index (Phi) is 2.74. The van der Waals surface area contributed by atoms with Crippen LogP contribution in [0.3, 0.4) is 0 Å². The second-order valence-corrected chi connectivity index (χ2v) is 6.18. The van der Waals surface area contributed by atoms with Gasteiger partial charge >= 0.3 is 0 Å². The van der Waals surface area contributed by atoms with Crippen LogP contribution in [0.1, 0.15) is 38.7 Å². The SMILES string of the molecule is CC1CO[C@@H]2CC(C)(c3ccccc3)CC[C@@H]12. The molecular formula is C16H22O. The van der Waals surface area contributed by atoms with Crippen molar-refractivity contribution in [3.63, 3.8) is 0 Å². The van der Waals surface area contributed by atoms with Crippen molar-refractivity contribution in [3.05, 3.63) is 35.9 Å². The molecule has 0 spiro atoms. The Morgan fingerprint density at radius 2 is 2.00 bits per heavy atom. The molecule has 0 N–H and O–H groups in total. The third kappa shape index (κ3) is 1.91. The van der Waals surface area contributed by atoms with Crippen molar-refractivity contribution in [2.45, 2.75) is 44.6 Å². The molecule has 1 saturated carbocycles. The first-order chi connectivity index (χ1) is 8.19. The number of ether oxygens (including phenoxy) is 1. The molecule has 0 radical (unpaired) electrons. The average Bonchev–Trinajstić information content (AvgIpc) is 2.71. The largest absolute Gasteiger partial charge is 0.378 e. The summed E-state index contributed by atoms with van der Waals surface area (Å²) in [6.45, 7) is 5.72. The van der Waals surface area contributed by atoms with E-state index < -0.39 is 0 Å². The van der Waals surface area contributed by atoms with E-state index in [1.54, 1.807) is 0 Å². The monoisotopic (exact) mass is 230 g/mol. The summed E-state index contributed by atoms with van der Waals surface area (Å²) in [5.41, 5.74) is 1.81. The summed E-state index contributed by atoms with van der Waals surface area (Å²) < 4.78 is 5.99. The maximum Gasteiger partial charge on any atom is 0.0615 e. The lowest BCUT2D eigenvalue weighted by Gasteiger charge is -2.40. The van der Waals surface area contributed by atoms with Crippen molar-refractivity contribution in [2.75, 3.05) is 6.61 Å². The Morgan fingerprint density at radius 3 is 2.76 bits per heavy atom. The highest BCUT2D eigenvalue weighted by Crippen LogP contribution is 2.47. The molecule has 0 bridgehead atoms. The molecule has 0 amide bonds. The predicted molar refractivity (Wildman–Crippen MR) is 70.0 cm³/mol. The molecule has 1 aromatic carbocycles. The fraction of sp³-hybridized carbons (Fsp3) is 0.625. The van der Waals surface area contributed by atoms with Crippen LogP contribution in [-0.2, 0) is 10.2 Å². The maximum absolute atomic E-state index is 5.99. The van der Waals surface area contributed by atoms with Crippen LogP contribution in [-0.4, -0.2) is 12.7 Å². The second-order valence-electron chi connectivity index (χ2n) is 6.18. The Balaban J connectivity index is 1.82. The van der Waals surface area contributed by atoms with Gasteiger partial charge in [-0.1, -0.05) is 44.2 Å². The number of rotatable bonds is 1. The highest BCUT2D eigenvalue weighted by atomic mass is 16.5. The Bertz CT molecular complexity index is 386. The summed E-state index contributed by atoms with van der Waals surface area (Å²) in [6.07, 6.45) is 4.35. The van der Waals surface area contributed by atoms with E-state index in [2.05, 4.69) is 44.2 Å². The van der Waals surface area contributed by atoms with E-state index in [1.807, 2.05) is 0 Å². The van der Waals surface area contributed by atoms with Crippen molar-refractivity contribution in [3.8, 4) is 0 Å². The van der Waals surface area contributed by atoms with Crippen molar-refractivity contribution >= 4 is 0 Å². The van der Waals surface area contributed by atoms with Crippen LogP contribution < -0.4 is 0 Å². The van der Waals surface area contributed by atoms with Crippen LogP contribution in [0.15, 0.2) is 30.3 Å². The lowest BCUT2D eigenvalue weighted by atomic mass is 9.65. The average molecular weight is 230 g/mol. The van der Waals surface area contributed by atoms with Crippen LogP contribution in [0.2, 0.25) is 0 Å². The molecule has 4 atom stereocenters. The minimum absolute atomic E-state index is 0.326. The van der Waals surface area contributed by atoms with Crippen LogP contribution >= 0.6 is 0 Å². The van der Waals surface area contributed by atoms with Gasteiger partial charge in [-0.05, 0) is 42.1 Å². The molecule has 1 aromatic rings. The molecule has 2 aliphatic rings. The Labute approximate surface area is 104 Å². The third-order valence-electron chi connectivity index (χ3n) is 4.93. The van der Waals surface area contributed by atoms with E-state index in [4.69, 9.17) is 4.74 Å². The van der Waals surface area contributed by atoms with E-state index in [1.165, 1.54) is 24.8 Å². The quantitative estimate of drug-likeness (QED) is 0.713. The highest BCUT2D eigenvalue weighted by molar-refractivity contribution is 5.25. The topological polar surface area (TPSA) is 9.23 Å². The smallest absolute Gasteiger partial charge is 0.0615 e. The lowest BCUT2D eigenvalue weighted by Crippen LogP contribution is -2.37. The molecule has 1 heteroatoms. The van der Waals surface area contributed by atoms with E-state index in [-0.39, 0.29) is 0 Å². The molecule has 1 aliphatic heterocycles. The molecule has 2 fully saturated rings. The van der Waals surface area contributed by atoms with Gasteiger partial charge in [0, 0.05) is 6.61 Å². The van der Waals surface area contributed by atoms with Gasteiger partial charge in [0.15, 0.2) is 0 Å². The van der Waals surface area contributed by atoms with Crippen molar-refractivity contribution in [1.82, 2.24) is 0 Å². The predicted octanol–water partition coefficient (Wildman–Crippen LogP) is 3.78. The van der Waals surface area contributed by atoms with Gasteiger partial charge < -0.3 is 4.74 Å². The molecule has 92 valence electrons. The molecule has 3 rings (SSSR count). The van der Waals surface area contributed by atoms with Crippen LogP contribution in [0.5, 0.6) is 0 Å². The fourth-order valence-corrected chi connectivity index (χ4v) is 3.70. The molecule has 2 unspecified atom stereocenters. The molecule has 17 heavy (non-hydrogen) atoms. The first kappa shape index (κ1) is 11.3. The van der Waals surface area contributed by atoms with Crippen molar-refractivity contribution in [1.29, 1.82) is 0 Å². The zero-order chi connectivity index (χ0) is 11.9. The number of fused-ring (bicyclic) bond motifs is 1. The molecule has 1 nitrogen and oxygen atoms in total. The lowest BCUT2D eigenvalue weighted by molar-refractivity contribution is 0.0387. The van der Waals surface area contributed by atoms with E-state index in [0.717, 1.165) is 18.4 Å². The summed E-state index contributed by atoms with van der Waals surface area (Å²) in [7, 11) is 0. The molecule has 1 heterocycles. The summed E-state index contributed by atoms with van der Waals surface area (Å²) in [4.78, 5) is 0. The molecular weight excluding hydrogens is 208 g/mol. The van der Waals surface area contributed by atoms with Gasteiger partial charge in [0.05, 0.1) is 6.10 Å². The Hall–Kier alpha value is -0.820. The van der Waals surface area contributed by atoms with E-state index in [9.17, 15) is 0 Å². The summed E-state index contributed by atoms with van der Waals surface area (Å²) in [6, 6.07) is 11.0. The Morgan fingerprint density at radius 1 is 1.24 bits per heavy atom. The minimum Gasteiger partial charge on any atom is -0.378 e. The van der Waals surface area contributed by atoms with Crippen LogP contribution in [0, 0.1) is 11.8 Å². The zero-order valence-corrected chi connectivity index (χ0v) is 10.9. The zero-order valence-electron chi connectivity index (χ0n) is 10.9. The number of benzene rings is 1. The van der Waals surface area contributed by atoms with Gasteiger partial charge in [-0.15, -0.1) is 0 Å². The minimum atomic E-state index is 0.326. The highest BCUT2D eigenvalue weighted by Gasteiger charge is 2.44. The van der Waals surface area contributed by atoms with E-state index >= 15 is 0 Å². The summed E-state index contributed by atoms with van der Waals surface area (Å²) in [5.74, 6) is 1.58. The van der Waals surface area contributed by atoms with Gasteiger partial charge in [-0.2, -0.15) is 0 Å². The van der Waals surface area contributed by atoms with Crippen LogP contribution in [0.25, 0.3) is 0 Å². The van der Waals surface area contributed by atoms with Gasteiger partial charge in [-0.3, -0.25) is 0 Å². The first-order valence-corrected chi connectivity index (χ1v) is 6.86. The molecule has 0 aromatic heterocycles. The number of hydrogen-bond acceptors (Lipinski definition) is 1. The van der Waals surface area contributed by atoms with Gasteiger partial charge in [-0.25, -0.2) is 0 Å². The standard InChI is InChI=1S/C16H22O/c1-12-11-17-15-10-16(2,9-8-14(12)15)13-6-4-3-5-7-13/h3-7,12,14-15H,8-11H2,1-2H3/t12?,14-,15+,16?/m0/s1. The fourth-order valence-electron chi connectivity index (χ4n) is 3.70. The van der Waals surface area contributed by atoms with Gasteiger partial charge in [0.25, 0.3) is 0 Å². The van der Waals surface area contributed by atoms with Crippen LogP contribution in [0.4, 0.5) is 0 Å². The van der Waals surface area contributed by atoms with E-state index in [0.29, 0.717) is 11.5 Å². The normalized spacial score (nSPS) is 41.2. The maximum atomic E-state index is 5.99. The van der Waals surface area contributed by atoms with Crippen molar-refractivity contribution < 1.29 is 4.74 Å². The molecule has 1 saturated heterocycles. The second kappa shape index (κ2) is 4.13. The first-order valence-electron chi connectivity index (χ1n) is 6.86. The molecule has 1 aliphatic carbocycles. The number of hydrogen-bond donors (Lipinski definition) is 0. The van der Waals surface area contributed by atoms with Gasteiger partial charge in [0.2, 0.25) is 0 Å². The van der Waals surface area contributed by atoms with Crippen molar-refractivity contribution in [2.24, 2.45) is 11.8 Å². The van der Waals surface area contributed by atoms with Gasteiger partial charge in [0.1, 0.15) is 0 Å².